The number of carbonyl (C=O) groups is 3. The zero-order valence-electron chi connectivity index (χ0n) is 27.6. The van der Waals surface area contributed by atoms with E-state index in [1.54, 1.807) is 38.5 Å². The van der Waals surface area contributed by atoms with Crippen LogP contribution in [0.5, 0.6) is 0 Å². The lowest BCUT2D eigenvalue weighted by atomic mass is 10.1. The van der Waals surface area contributed by atoms with E-state index in [9.17, 15) is 47.9 Å². The molecule has 2 aromatic carbocycles. The summed E-state index contributed by atoms with van der Waals surface area (Å²) in [7, 11) is -3.30. The van der Waals surface area contributed by atoms with E-state index in [1.807, 2.05) is 30.5 Å². The lowest BCUT2D eigenvalue weighted by molar-refractivity contribution is -0.193. The van der Waals surface area contributed by atoms with Crippen LogP contribution >= 0.6 is 0 Å². The molecule has 1 fully saturated rings. The molecule has 0 spiro atoms. The Labute approximate surface area is 298 Å². The number of carboxylic acids is 3. The average Bonchev–Trinajstić information content (AvgIpc) is 3.63. The van der Waals surface area contributed by atoms with Gasteiger partial charge in [-0.2, -0.15) is 44.6 Å². The molecular formula is C30H29F9N6O8S. The minimum atomic E-state index is -5.08. The number of H-pyrrole nitrogens is 1. The number of benzene rings is 2. The molecule has 0 bridgehead atoms. The first-order chi connectivity index (χ1) is 24.8. The van der Waals surface area contributed by atoms with Gasteiger partial charge in [-0.1, -0.05) is 12.1 Å². The Hall–Kier alpha value is -5.68. The Balaban J connectivity index is 0.000000393. The number of aliphatic carboxylic acids is 3. The summed E-state index contributed by atoms with van der Waals surface area (Å²) < 4.78 is 120. The van der Waals surface area contributed by atoms with Gasteiger partial charge in [0.25, 0.3) is 0 Å². The topological polar surface area (TPSA) is 207 Å². The van der Waals surface area contributed by atoms with Crippen LogP contribution in [0, 0.1) is 0 Å². The number of hydrogen-bond acceptors (Lipinski definition) is 10. The average molecular weight is 805 g/mol. The molecule has 4 aromatic rings. The number of fused-ring (bicyclic) bond motifs is 1. The number of rotatable bonds is 5. The molecule has 5 rings (SSSR count). The number of alkyl halides is 9. The van der Waals surface area contributed by atoms with Gasteiger partial charge in [0.2, 0.25) is 0 Å². The number of anilines is 2. The van der Waals surface area contributed by atoms with Gasteiger partial charge in [0, 0.05) is 49.0 Å². The van der Waals surface area contributed by atoms with Crippen LogP contribution in [0.15, 0.2) is 66.1 Å². The number of nitrogens with one attached hydrogen (secondary N) is 1. The SMILES string of the molecule is CC(C)S(=O)(=O)c1cccc(N2CCN(c3ncnc4ccc(-c5cn[nH]c5)cc34)CC2)c1.O=C(O)C(F)(F)F.O=C(O)C(F)(F)F.O=C(O)C(F)(F)F. The fraction of sp³-hybridized carbons (Fsp3) is 0.333. The van der Waals surface area contributed by atoms with Gasteiger partial charge >= 0.3 is 36.4 Å². The Morgan fingerprint density at radius 3 is 1.69 bits per heavy atom. The van der Waals surface area contributed by atoms with Crippen molar-refractivity contribution in [2.45, 2.75) is 42.5 Å². The first-order valence-corrected chi connectivity index (χ1v) is 16.3. The second-order valence-electron chi connectivity index (χ2n) is 10.9. The summed E-state index contributed by atoms with van der Waals surface area (Å²) >= 11 is 0. The predicted octanol–water partition coefficient (Wildman–Crippen LogP) is 5.43. The lowest BCUT2D eigenvalue weighted by Gasteiger charge is -2.37. The van der Waals surface area contributed by atoms with Gasteiger partial charge in [0.1, 0.15) is 12.1 Å². The van der Waals surface area contributed by atoms with Crippen LogP contribution in [0.25, 0.3) is 22.0 Å². The van der Waals surface area contributed by atoms with E-state index in [0.717, 1.165) is 59.7 Å². The summed E-state index contributed by atoms with van der Waals surface area (Å²) in [5.41, 5.74) is 3.93. The monoisotopic (exact) mass is 804 g/mol. The van der Waals surface area contributed by atoms with Crippen molar-refractivity contribution in [3.63, 3.8) is 0 Å². The molecule has 1 aliphatic heterocycles. The summed E-state index contributed by atoms with van der Waals surface area (Å²) in [6.45, 7) is 6.54. The lowest BCUT2D eigenvalue weighted by Crippen LogP contribution is -2.47. The molecule has 0 atom stereocenters. The molecule has 14 nitrogen and oxygen atoms in total. The number of carboxylic acid groups (broad SMARTS) is 3. The molecule has 0 saturated carbocycles. The third kappa shape index (κ3) is 12.8. The first-order valence-electron chi connectivity index (χ1n) is 14.7. The number of halogens is 9. The number of sulfone groups is 1. The smallest absolute Gasteiger partial charge is 0.475 e. The van der Waals surface area contributed by atoms with Crippen molar-refractivity contribution in [1.82, 2.24) is 20.2 Å². The van der Waals surface area contributed by atoms with Crippen molar-refractivity contribution in [3.05, 3.63) is 61.2 Å². The highest BCUT2D eigenvalue weighted by atomic mass is 32.2. The predicted molar refractivity (Wildman–Crippen MR) is 171 cm³/mol. The molecule has 0 amide bonds. The molecular weight excluding hydrogens is 775 g/mol. The quantitative estimate of drug-likeness (QED) is 0.186. The van der Waals surface area contributed by atoms with Crippen LogP contribution in [0.3, 0.4) is 0 Å². The Morgan fingerprint density at radius 2 is 1.24 bits per heavy atom. The molecule has 2 aromatic heterocycles. The highest BCUT2D eigenvalue weighted by molar-refractivity contribution is 7.92. The van der Waals surface area contributed by atoms with Crippen molar-refractivity contribution in [3.8, 4) is 11.1 Å². The number of aromatic amines is 1. The number of hydrogen-bond donors (Lipinski definition) is 4. The molecule has 4 N–H and O–H groups in total. The van der Waals surface area contributed by atoms with Crippen molar-refractivity contribution >= 4 is 50.2 Å². The van der Waals surface area contributed by atoms with E-state index in [4.69, 9.17) is 29.7 Å². The molecule has 24 heteroatoms. The van der Waals surface area contributed by atoms with Crippen molar-refractivity contribution in [2.75, 3.05) is 36.0 Å². The largest absolute Gasteiger partial charge is 0.490 e. The zero-order chi connectivity index (χ0) is 41.2. The van der Waals surface area contributed by atoms with Gasteiger partial charge in [-0.3, -0.25) is 5.10 Å². The van der Waals surface area contributed by atoms with Crippen LogP contribution in [-0.2, 0) is 24.2 Å². The van der Waals surface area contributed by atoms with E-state index in [2.05, 4.69) is 36.0 Å². The fourth-order valence-electron chi connectivity index (χ4n) is 4.19. The van der Waals surface area contributed by atoms with Crippen molar-refractivity contribution in [2.24, 2.45) is 0 Å². The number of nitrogens with zero attached hydrogens (tertiary/aromatic N) is 5. The van der Waals surface area contributed by atoms with E-state index < -0.39 is 51.5 Å². The maximum absolute atomic E-state index is 12.6. The first kappa shape index (κ1) is 44.5. The minimum absolute atomic E-state index is 0.381. The molecule has 0 radical (unpaired) electrons. The maximum atomic E-state index is 12.6. The van der Waals surface area contributed by atoms with Crippen LogP contribution in [0.4, 0.5) is 51.0 Å². The summed E-state index contributed by atoms with van der Waals surface area (Å²) in [4.78, 5) is 40.6. The molecule has 0 aliphatic carbocycles. The van der Waals surface area contributed by atoms with Gasteiger partial charge in [0.05, 0.1) is 21.9 Å². The number of aromatic nitrogens is 4. The van der Waals surface area contributed by atoms with E-state index in [-0.39, 0.29) is 0 Å². The molecule has 296 valence electrons. The fourth-order valence-corrected chi connectivity index (χ4v) is 5.29. The molecule has 1 aliphatic rings. The second-order valence-corrected chi connectivity index (χ2v) is 13.4. The van der Waals surface area contributed by atoms with E-state index >= 15 is 0 Å². The Kier molecular flexibility index (Phi) is 14.7. The van der Waals surface area contributed by atoms with Gasteiger partial charge in [-0.15, -0.1) is 0 Å². The van der Waals surface area contributed by atoms with Crippen LogP contribution in [-0.4, -0.2) is 112 Å². The standard InChI is InChI=1S/C24H26N6O2S.3C2HF3O2/c1-17(2)33(31,32)21-5-3-4-20(13-21)29-8-10-30(11-9-29)24-22-12-18(19-14-27-28-15-19)6-7-23(22)25-16-26-24;3*3-2(4,5)1(6)7/h3-7,12-17H,8-11H2,1-2H3,(H,27,28);3*(H,6,7). The Bertz CT molecular complexity index is 1940. The zero-order valence-corrected chi connectivity index (χ0v) is 28.4. The van der Waals surface area contributed by atoms with Crippen LogP contribution < -0.4 is 9.80 Å². The van der Waals surface area contributed by atoms with Crippen molar-refractivity contribution < 1.29 is 77.6 Å². The van der Waals surface area contributed by atoms with Gasteiger partial charge in [-0.05, 0) is 49.7 Å². The van der Waals surface area contributed by atoms with Crippen molar-refractivity contribution in [1.29, 1.82) is 0 Å². The summed E-state index contributed by atoms with van der Waals surface area (Å²) in [6, 6.07) is 13.4. The van der Waals surface area contributed by atoms with Crippen LogP contribution in [0.2, 0.25) is 0 Å². The van der Waals surface area contributed by atoms with Gasteiger partial charge in [-0.25, -0.2) is 32.8 Å². The van der Waals surface area contributed by atoms with Gasteiger partial charge in [0.15, 0.2) is 9.84 Å². The highest BCUT2D eigenvalue weighted by Gasteiger charge is 2.39. The highest BCUT2D eigenvalue weighted by Crippen LogP contribution is 2.30. The molecule has 0 unspecified atom stereocenters. The third-order valence-corrected chi connectivity index (χ3v) is 9.04. The van der Waals surface area contributed by atoms with Gasteiger partial charge < -0.3 is 25.1 Å². The third-order valence-electron chi connectivity index (χ3n) is 6.88. The molecule has 3 heterocycles. The minimum Gasteiger partial charge on any atom is -0.475 e. The summed E-state index contributed by atoms with van der Waals surface area (Å²) in [5.74, 6) is -7.35. The Morgan fingerprint density at radius 1 is 0.741 bits per heavy atom. The normalized spacial score (nSPS) is 13.5. The second kappa shape index (κ2) is 17.9. The molecule has 54 heavy (non-hydrogen) atoms. The molecule has 1 saturated heterocycles. The maximum Gasteiger partial charge on any atom is 0.490 e. The summed E-state index contributed by atoms with van der Waals surface area (Å²) in [5, 5.41) is 28.8. The summed E-state index contributed by atoms with van der Waals surface area (Å²) in [6.07, 6.45) is -9.96. The van der Waals surface area contributed by atoms with E-state index in [0.29, 0.717) is 4.90 Å². The number of piperazine rings is 1. The van der Waals surface area contributed by atoms with E-state index in [1.165, 1.54) is 0 Å². The van der Waals surface area contributed by atoms with Crippen LogP contribution in [0.1, 0.15) is 13.8 Å².